The first-order valence-corrected chi connectivity index (χ1v) is 28.2. The molecule has 0 spiro atoms. The summed E-state index contributed by atoms with van der Waals surface area (Å²) in [5, 5.41) is 29.1. The van der Waals surface area contributed by atoms with E-state index in [0.717, 1.165) is 98.4 Å². The van der Waals surface area contributed by atoms with Gasteiger partial charge in [0.25, 0.3) is 5.91 Å². The molecule has 2 aromatic heterocycles. The standard InChI is InChI=1S/C58H76F3N11O6S/c1-36(38-11-13-39(14-12-38)48-37(2)64-35-79-48)65-51(76)45-29-42(73)33-72(45)52(77)49(55(3,4)5)66-47(74)34-70-23-21-68(22-24-70)19-10-20-69-25-27-71(28-26-69)46-18-16-41(32-63-46)50(75)67-53-56(6,7)54(57(53,8)9)78-43-17-15-40(31-62)44(30-43)58(59,60)61/h11-18,30,32,35-36,42,45,49,53-54,73H,10,19-29,33-34H2,1-9H3,(H,65,76)(H,66,74)(H,67,75)/t36?,42-,45+,49?,53?,54?/m1/s1. The molecule has 8 rings (SSSR count). The molecule has 17 nitrogen and oxygen atoms in total. The van der Waals surface area contributed by atoms with E-state index in [-0.39, 0.29) is 61.0 Å². The molecular weight excluding hydrogens is 1040 g/mol. The van der Waals surface area contributed by atoms with Crippen molar-refractivity contribution in [2.75, 3.05) is 83.4 Å². The van der Waals surface area contributed by atoms with Crippen LogP contribution in [0.5, 0.6) is 5.75 Å². The number of aromatic nitrogens is 2. The highest BCUT2D eigenvalue weighted by atomic mass is 32.1. The van der Waals surface area contributed by atoms with Crippen molar-refractivity contribution < 1.29 is 42.2 Å². The molecule has 0 bridgehead atoms. The molecule has 2 unspecified atom stereocenters. The Morgan fingerprint density at radius 3 is 2.08 bits per heavy atom. The highest BCUT2D eigenvalue weighted by molar-refractivity contribution is 7.13. The van der Waals surface area contributed by atoms with Gasteiger partial charge in [0, 0.05) is 88.4 Å². The molecule has 21 heteroatoms. The van der Waals surface area contributed by atoms with Crippen molar-refractivity contribution in [2.45, 2.75) is 118 Å². The summed E-state index contributed by atoms with van der Waals surface area (Å²) in [5.41, 5.74) is 1.67. The van der Waals surface area contributed by atoms with Crippen molar-refractivity contribution in [3.63, 3.8) is 0 Å². The number of benzene rings is 2. The summed E-state index contributed by atoms with van der Waals surface area (Å²) in [7, 11) is 0. The number of nitriles is 1. The third-order valence-electron chi connectivity index (χ3n) is 16.3. The maximum absolute atomic E-state index is 14.3. The second-order valence-corrected chi connectivity index (χ2v) is 24.8. The minimum atomic E-state index is -4.71. The van der Waals surface area contributed by atoms with Crippen molar-refractivity contribution in [1.29, 1.82) is 5.26 Å². The number of amides is 4. The Bertz CT molecular complexity index is 2840. The zero-order valence-corrected chi connectivity index (χ0v) is 47.6. The Morgan fingerprint density at radius 2 is 1.51 bits per heavy atom. The Morgan fingerprint density at radius 1 is 0.873 bits per heavy atom. The normalized spacial score (nSPS) is 22.5. The van der Waals surface area contributed by atoms with Crippen molar-refractivity contribution >= 4 is 40.8 Å². The highest BCUT2D eigenvalue weighted by Crippen LogP contribution is 2.56. The van der Waals surface area contributed by atoms with Gasteiger partial charge in [0.05, 0.1) is 57.5 Å². The number of β-amino-alcohol motifs (C(OH)–C–C–N with tert-alkyl or cyclic N) is 1. The number of likely N-dealkylation sites (tertiary alicyclic amines) is 1. The minimum absolute atomic E-state index is 0.00204. The van der Waals surface area contributed by atoms with Crippen LogP contribution < -0.4 is 25.6 Å². The number of aliphatic hydroxyl groups is 1. The number of alkyl halides is 3. The van der Waals surface area contributed by atoms with Crippen LogP contribution in [-0.2, 0) is 20.6 Å². The second kappa shape index (κ2) is 23.9. The van der Waals surface area contributed by atoms with Gasteiger partial charge in [-0.1, -0.05) is 72.7 Å². The molecule has 426 valence electrons. The number of aliphatic hydroxyl groups excluding tert-OH is 1. The van der Waals surface area contributed by atoms with Crippen LogP contribution in [0.15, 0.2) is 66.3 Å². The lowest BCUT2D eigenvalue weighted by Crippen LogP contribution is -2.74. The third kappa shape index (κ3) is 13.5. The van der Waals surface area contributed by atoms with Crippen LogP contribution in [0.2, 0.25) is 0 Å². The van der Waals surface area contributed by atoms with Crippen molar-refractivity contribution in [1.82, 2.24) is 45.5 Å². The van der Waals surface area contributed by atoms with E-state index >= 15 is 0 Å². The average Bonchev–Trinajstić information content (AvgIpc) is 3.90. The number of thiazole rings is 1. The molecule has 0 radical (unpaired) electrons. The Hall–Kier alpha value is -6.18. The Kier molecular flexibility index (Phi) is 17.8. The van der Waals surface area contributed by atoms with Gasteiger partial charge in [-0.25, -0.2) is 9.97 Å². The zero-order valence-electron chi connectivity index (χ0n) is 46.8. The average molecular weight is 1110 g/mol. The molecule has 1 saturated carbocycles. The summed E-state index contributed by atoms with van der Waals surface area (Å²) >= 11 is 1.58. The molecule has 3 aliphatic heterocycles. The van der Waals surface area contributed by atoms with E-state index in [0.29, 0.717) is 18.7 Å². The number of halogens is 3. The number of hydrogen-bond donors (Lipinski definition) is 4. The molecule has 4 amide bonds. The topological polar surface area (TPSA) is 200 Å². The van der Waals surface area contributed by atoms with Crippen molar-refractivity contribution in [3.05, 3.63) is 94.3 Å². The van der Waals surface area contributed by atoms with Crippen LogP contribution in [0.1, 0.15) is 107 Å². The van der Waals surface area contributed by atoms with E-state index < -0.39 is 57.8 Å². The Labute approximate surface area is 465 Å². The summed E-state index contributed by atoms with van der Waals surface area (Å²) in [6.07, 6.45) is -3.43. The number of nitrogens with one attached hydrogen (secondary N) is 3. The van der Waals surface area contributed by atoms with E-state index in [1.807, 2.05) is 98.2 Å². The number of carbonyl (C=O) groups is 4. The highest BCUT2D eigenvalue weighted by Gasteiger charge is 2.64. The number of hydrogen-bond acceptors (Lipinski definition) is 14. The number of aryl methyl sites for hydroxylation is 1. The number of anilines is 1. The quantitative estimate of drug-likeness (QED) is 0.0893. The summed E-state index contributed by atoms with van der Waals surface area (Å²) in [4.78, 5) is 75.9. The SMILES string of the molecule is Cc1ncsc1-c1ccc(C(C)NC(=O)[C@@H]2C[C@@H](O)CN2C(=O)C(NC(=O)CN2CCN(CCCN3CCN(c4ccc(C(=O)NC5C(C)(C)C(Oc6ccc(C#N)c(C(F)(F)F)c6)C5(C)C)cn4)CC3)CC2)C(C)(C)C)cc1. The first-order chi connectivity index (χ1) is 37.2. The molecule has 4 aromatic rings. The number of carbonyl (C=O) groups excluding carboxylic acids is 4. The lowest BCUT2D eigenvalue weighted by Gasteiger charge is -2.63. The van der Waals surface area contributed by atoms with E-state index in [1.165, 1.54) is 11.0 Å². The number of nitrogens with zero attached hydrogens (tertiary/aromatic N) is 8. The van der Waals surface area contributed by atoms with Crippen LogP contribution >= 0.6 is 11.3 Å². The molecule has 5 heterocycles. The molecule has 1 aliphatic carbocycles. The van der Waals surface area contributed by atoms with Gasteiger partial charge in [0.1, 0.15) is 29.8 Å². The predicted octanol–water partition coefficient (Wildman–Crippen LogP) is 6.52. The van der Waals surface area contributed by atoms with Gasteiger partial charge in [-0.15, -0.1) is 11.3 Å². The summed E-state index contributed by atoms with van der Waals surface area (Å²) in [6.45, 7) is 25.6. The van der Waals surface area contributed by atoms with E-state index in [2.05, 4.69) is 45.5 Å². The maximum atomic E-state index is 14.3. The fraction of sp³-hybridized carbons (Fsp3) is 0.569. The van der Waals surface area contributed by atoms with E-state index in [9.17, 15) is 42.7 Å². The first-order valence-electron chi connectivity index (χ1n) is 27.3. The van der Waals surface area contributed by atoms with Crippen molar-refractivity contribution in [2.24, 2.45) is 16.2 Å². The van der Waals surface area contributed by atoms with Crippen LogP contribution in [0.4, 0.5) is 19.0 Å². The van der Waals surface area contributed by atoms with Gasteiger partial charge in [0.2, 0.25) is 17.7 Å². The zero-order chi connectivity index (χ0) is 57.2. The summed E-state index contributed by atoms with van der Waals surface area (Å²) in [5.74, 6) is -0.513. The maximum Gasteiger partial charge on any atom is 0.417 e. The molecule has 79 heavy (non-hydrogen) atoms. The summed E-state index contributed by atoms with van der Waals surface area (Å²) in [6, 6.07) is 14.0. The molecule has 4 fully saturated rings. The van der Waals surface area contributed by atoms with Crippen LogP contribution in [0.25, 0.3) is 10.4 Å². The molecule has 4 atom stereocenters. The van der Waals surface area contributed by atoms with Gasteiger partial charge in [-0.2, -0.15) is 18.4 Å². The largest absolute Gasteiger partial charge is 0.489 e. The fourth-order valence-electron chi connectivity index (χ4n) is 12.1. The van der Waals surface area contributed by atoms with Crippen LogP contribution in [0, 0.1) is 34.5 Å². The monoisotopic (exact) mass is 1110 g/mol. The van der Waals surface area contributed by atoms with E-state index in [1.54, 1.807) is 29.7 Å². The fourth-order valence-corrected chi connectivity index (χ4v) is 12.9. The lowest BCUT2D eigenvalue weighted by atomic mass is 9.49. The molecule has 4 aliphatic rings. The smallest absolute Gasteiger partial charge is 0.417 e. The Balaban J connectivity index is 0.731. The van der Waals surface area contributed by atoms with Crippen molar-refractivity contribution in [3.8, 4) is 22.3 Å². The van der Waals surface area contributed by atoms with E-state index in [4.69, 9.17) is 4.74 Å². The first kappa shape index (κ1) is 59.0. The van der Waals surface area contributed by atoms with Gasteiger partial charge < -0.3 is 40.5 Å². The molecular formula is C58H76F3N11O6S. The summed E-state index contributed by atoms with van der Waals surface area (Å²) < 4.78 is 47.1. The number of ether oxygens (including phenoxy) is 1. The number of pyridine rings is 1. The second-order valence-electron chi connectivity index (χ2n) is 24.0. The van der Waals surface area contributed by atoms with Gasteiger partial charge in [-0.05, 0) is 80.2 Å². The third-order valence-corrected chi connectivity index (χ3v) is 17.3. The molecule has 2 aromatic carbocycles. The minimum Gasteiger partial charge on any atom is -0.489 e. The lowest BCUT2D eigenvalue weighted by molar-refractivity contribution is -0.164. The van der Waals surface area contributed by atoms with Gasteiger partial charge in [0.15, 0.2) is 0 Å². The number of rotatable bonds is 17. The predicted molar refractivity (Wildman–Crippen MR) is 296 cm³/mol. The number of piperazine rings is 2. The van der Waals surface area contributed by atoms with Crippen LogP contribution in [-0.4, -0.2) is 167 Å². The van der Waals surface area contributed by atoms with Crippen LogP contribution in [0.3, 0.4) is 0 Å². The van der Waals surface area contributed by atoms with Gasteiger partial charge in [-0.3, -0.25) is 29.0 Å². The van der Waals surface area contributed by atoms with Gasteiger partial charge >= 0.3 is 6.18 Å². The molecule has 4 N–H and O–H groups in total. The molecule has 3 saturated heterocycles.